The molecule has 0 aliphatic rings. The van der Waals surface area contributed by atoms with Crippen molar-refractivity contribution in [1.29, 1.82) is 0 Å². The van der Waals surface area contributed by atoms with Crippen LogP contribution in [-0.4, -0.2) is 0 Å². The zero-order valence-electron chi connectivity index (χ0n) is 9.63. The van der Waals surface area contributed by atoms with Crippen molar-refractivity contribution in [2.24, 2.45) is 5.84 Å². The molecule has 0 saturated heterocycles. The quantitative estimate of drug-likeness (QED) is 0.312. The summed E-state index contributed by atoms with van der Waals surface area (Å²) in [7, 11) is 0. The van der Waals surface area contributed by atoms with Gasteiger partial charge in [-0.25, -0.2) is 9.82 Å². The largest absolute Gasteiger partial charge is 0.271 e. The average Bonchev–Trinajstić information content (AvgIpc) is 2.41. The number of halogens is 4. The lowest BCUT2D eigenvalue weighted by Gasteiger charge is -2.18. The van der Waals surface area contributed by atoms with Gasteiger partial charge in [0.25, 0.3) is 0 Å². The second kappa shape index (κ2) is 6.49. The predicted molar refractivity (Wildman–Crippen MR) is 87.4 cm³/mol. The number of nitrogens with two attached hydrogens (primary N) is 1. The fraction of sp³-hybridized carbons (Fsp3) is 0.0769. The molecule has 1 unspecified atom stereocenters. The summed E-state index contributed by atoms with van der Waals surface area (Å²) in [6.45, 7) is 0. The van der Waals surface area contributed by atoms with E-state index < -0.39 is 11.9 Å². The topological polar surface area (TPSA) is 38.0 Å². The van der Waals surface area contributed by atoms with Crippen LogP contribution in [0.4, 0.5) is 4.39 Å². The maximum absolute atomic E-state index is 14.2. The Morgan fingerprint density at radius 3 is 2.42 bits per heavy atom. The monoisotopic (exact) mass is 454 g/mol. The van der Waals surface area contributed by atoms with Crippen LogP contribution in [0.15, 0.2) is 40.9 Å². The molecular weight excluding hydrogens is 445 g/mol. The van der Waals surface area contributed by atoms with E-state index in [1.54, 1.807) is 12.1 Å². The van der Waals surface area contributed by atoms with Crippen molar-refractivity contribution in [3.05, 3.63) is 66.4 Å². The van der Waals surface area contributed by atoms with E-state index >= 15 is 0 Å². The van der Waals surface area contributed by atoms with Gasteiger partial charge in [-0.2, -0.15) is 0 Å². The first-order valence-electron chi connectivity index (χ1n) is 5.39. The molecule has 2 aromatic rings. The van der Waals surface area contributed by atoms with Gasteiger partial charge < -0.3 is 0 Å². The highest BCUT2D eigenvalue weighted by Gasteiger charge is 2.19. The van der Waals surface area contributed by atoms with Gasteiger partial charge in [-0.3, -0.25) is 5.84 Å². The smallest absolute Gasteiger partial charge is 0.148 e. The van der Waals surface area contributed by atoms with Crippen molar-refractivity contribution in [3.8, 4) is 0 Å². The van der Waals surface area contributed by atoms with E-state index in [0.29, 0.717) is 10.0 Å². The minimum atomic E-state index is -0.474. The molecular formula is C13H10BrClFIN2. The Bertz CT molecular complexity index is 592. The number of hydrazine groups is 1. The SMILES string of the molecule is NNC(c1ccc(I)cc1)c1ccc(Br)c(Cl)c1F. The van der Waals surface area contributed by atoms with Crippen LogP contribution in [0.2, 0.25) is 5.02 Å². The van der Waals surface area contributed by atoms with E-state index in [-0.39, 0.29) is 5.02 Å². The molecule has 0 amide bonds. The molecule has 0 bridgehead atoms. The van der Waals surface area contributed by atoms with Crippen molar-refractivity contribution in [3.63, 3.8) is 0 Å². The van der Waals surface area contributed by atoms with Gasteiger partial charge in [-0.1, -0.05) is 29.8 Å². The van der Waals surface area contributed by atoms with Crippen molar-refractivity contribution < 1.29 is 4.39 Å². The second-order valence-corrected chi connectivity index (χ2v) is 6.39. The first kappa shape index (κ1) is 15.2. The number of hydrogen-bond donors (Lipinski definition) is 2. The third kappa shape index (κ3) is 3.28. The molecule has 19 heavy (non-hydrogen) atoms. The number of rotatable bonds is 3. The Morgan fingerprint density at radius 2 is 1.84 bits per heavy atom. The molecule has 0 aliphatic carbocycles. The van der Waals surface area contributed by atoms with Crippen molar-refractivity contribution >= 4 is 50.1 Å². The molecule has 0 heterocycles. The maximum Gasteiger partial charge on any atom is 0.148 e. The normalized spacial score (nSPS) is 12.5. The molecule has 3 N–H and O–H groups in total. The van der Waals surface area contributed by atoms with Crippen LogP contribution in [0.25, 0.3) is 0 Å². The summed E-state index contributed by atoms with van der Waals surface area (Å²) in [4.78, 5) is 0. The van der Waals surface area contributed by atoms with E-state index in [1.165, 1.54) is 0 Å². The third-order valence-electron chi connectivity index (χ3n) is 2.75. The molecule has 0 radical (unpaired) electrons. The van der Waals surface area contributed by atoms with Gasteiger partial charge in [-0.05, 0) is 62.3 Å². The Kier molecular flexibility index (Phi) is 5.19. The molecule has 2 aromatic carbocycles. The van der Waals surface area contributed by atoms with Crippen LogP contribution >= 0.6 is 50.1 Å². The van der Waals surface area contributed by atoms with E-state index in [0.717, 1.165) is 9.13 Å². The first-order chi connectivity index (χ1) is 9.04. The minimum Gasteiger partial charge on any atom is -0.271 e. The van der Waals surface area contributed by atoms with Gasteiger partial charge in [0.1, 0.15) is 5.82 Å². The summed E-state index contributed by atoms with van der Waals surface area (Å²) in [5.74, 6) is 5.08. The van der Waals surface area contributed by atoms with Gasteiger partial charge in [0.15, 0.2) is 0 Å². The third-order valence-corrected chi connectivity index (χ3v) is 4.72. The van der Waals surface area contributed by atoms with E-state index in [2.05, 4.69) is 43.9 Å². The summed E-state index contributed by atoms with van der Waals surface area (Å²) >= 11 is 11.3. The summed E-state index contributed by atoms with van der Waals surface area (Å²) < 4.78 is 15.8. The van der Waals surface area contributed by atoms with Gasteiger partial charge in [-0.15, -0.1) is 0 Å². The zero-order chi connectivity index (χ0) is 14.0. The van der Waals surface area contributed by atoms with Crippen molar-refractivity contribution in [1.82, 2.24) is 5.43 Å². The second-order valence-electron chi connectivity index (χ2n) is 3.92. The van der Waals surface area contributed by atoms with E-state index in [1.807, 2.05) is 24.3 Å². The van der Waals surface area contributed by atoms with Crippen LogP contribution in [0.3, 0.4) is 0 Å². The maximum atomic E-state index is 14.2. The number of hydrogen-bond acceptors (Lipinski definition) is 2. The van der Waals surface area contributed by atoms with Crippen LogP contribution in [0.1, 0.15) is 17.2 Å². The van der Waals surface area contributed by atoms with Gasteiger partial charge in [0.05, 0.1) is 11.1 Å². The van der Waals surface area contributed by atoms with Crippen LogP contribution in [0.5, 0.6) is 0 Å². The highest BCUT2D eigenvalue weighted by atomic mass is 127. The number of nitrogens with one attached hydrogen (secondary N) is 1. The van der Waals surface area contributed by atoms with Gasteiger partial charge in [0, 0.05) is 13.6 Å². The predicted octanol–water partition coefficient (Wildman–Crippen LogP) is 4.40. The summed E-state index contributed by atoms with van der Waals surface area (Å²) in [5, 5.41) is 0.0586. The van der Waals surface area contributed by atoms with E-state index in [9.17, 15) is 4.39 Å². The highest BCUT2D eigenvalue weighted by Crippen LogP contribution is 2.32. The molecule has 2 nitrogen and oxygen atoms in total. The molecule has 0 fully saturated rings. The zero-order valence-corrected chi connectivity index (χ0v) is 14.1. The molecule has 0 spiro atoms. The van der Waals surface area contributed by atoms with Gasteiger partial charge >= 0.3 is 0 Å². The fourth-order valence-corrected chi connectivity index (χ4v) is 2.62. The van der Waals surface area contributed by atoms with Crippen LogP contribution < -0.4 is 11.3 Å². The molecule has 0 saturated carbocycles. The van der Waals surface area contributed by atoms with Gasteiger partial charge in [0.2, 0.25) is 0 Å². The Morgan fingerprint density at radius 1 is 1.21 bits per heavy atom. The molecule has 0 aromatic heterocycles. The molecule has 0 aliphatic heterocycles. The molecule has 100 valence electrons. The summed E-state index contributed by atoms with van der Waals surface area (Å²) in [6, 6.07) is 10.6. The Balaban J connectivity index is 2.48. The molecule has 1 atom stereocenters. The highest BCUT2D eigenvalue weighted by molar-refractivity contribution is 14.1. The van der Waals surface area contributed by atoms with Crippen LogP contribution in [-0.2, 0) is 0 Å². The summed E-state index contributed by atoms with van der Waals surface area (Å²) in [6.07, 6.45) is 0. The van der Waals surface area contributed by atoms with Crippen LogP contribution in [0, 0.1) is 9.39 Å². The number of benzene rings is 2. The van der Waals surface area contributed by atoms with Crippen molar-refractivity contribution in [2.45, 2.75) is 6.04 Å². The molecule has 2 rings (SSSR count). The lowest BCUT2D eigenvalue weighted by Crippen LogP contribution is -2.29. The lowest BCUT2D eigenvalue weighted by atomic mass is 9.99. The van der Waals surface area contributed by atoms with E-state index in [4.69, 9.17) is 17.4 Å². The fourth-order valence-electron chi connectivity index (χ4n) is 1.78. The lowest BCUT2D eigenvalue weighted by molar-refractivity contribution is 0.560. The Labute approximate surface area is 137 Å². The standard InChI is InChI=1S/C13H10BrClFIN2/c14-10-6-5-9(12(16)11(10)15)13(19-18)7-1-3-8(17)4-2-7/h1-6,13,19H,18H2. The average molecular weight is 455 g/mol. The van der Waals surface area contributed by atoms with Crippen molar-refractivity contribution in [2.75, 3.05) is 0 Å². The summed E-state index contributed by atoms with van der Waals surface area (Å²) in [5.41, 5.74) is 3.91. The minimum absolute atomic E-state index is 0.0586. The molecule has 6 heteroatoms. The Hall–Kier alpha value is -0.210. The first-order valence-corrected chi connectivity index (χ1v) is 7.64.